The first-order valence-electron chi connectivity index (χ1n) is 8.83. The minimum Gasteiger partial charge on any atom is -0.322 e. The Morgan fingerprint density at radius 2 is 1.61 bits per heavy atom. The van der Waals surface area contributed by atoms with E-state index in [0.29, 0.717) is 0 Å². The van der Waals surface area contributed by atoms with E-state index in [4.69, 9.17) is 11.6 Å². The molecule has 0 aliphatic heterocycles. The van der Waals surface area contributed by atoms with E-state index in [2.05, 4.69) is 10.0 Å². The van der Waals surface area contributed by atoms with Gasteiger partial charge >= 0.3 is 6.18 Å². The number of carbonyl (C=O) groups excluding carboxylic acids is 1. The molecule has 1 amide bonds. The van der Waals surface area contributed by atoms with Gasteiger partial charge in [0.1, 0.15) is 0 Å². The molecule has 10 heteroatoms. The molecule has 0 aliphatic rings. The predicted molar refractivity (Wildman–Crippen MR) is 113 cm³/mol. The van der Waals surface area contributed by atoms with Crippen LogP contribution in [0.25, 0.3) is 0 Å². The molecule has 3 aromatic carbocycles. The molecule has 0 aliphatic carbocycles. The number of alkyl halides is 3. The molecular formula is C21H16ClF3N2O3S. The Hall–Kier alpha value is -3.04. The van der Waals surface area contributed by atoms with Crippen molar-refractivity contribution in [3.8, 4) is 0 Å². The SMILES string of the molecule is Cc1ccc(S(=O)(=O)Nc2cccc(C(=O)Nc3ccc(Cl)c(C(F)(F)F)c3)c2)cc1. The lowest BCUT2D eigenvalue weighted by Gasteiger charge is -2.12. The highest BCUT2D eigenvalue weighted by molar-refractivity contribution is 7.92. The van der Waals surface area contributed by atoms with Gasteiger partial charge in [-0.25, -0.2) is 8.42 Å². The van der Waals surface area contributed by atoms with Gasteiger partial charge < -0.3 is 5.32 Å². The Labute approximate surface area is 181 Å². The third kappa shape index (κ3) is 5.56. The summed E-state index contributed by atoms with van der Waals surface area (Å²) in [5.41, 5.74) is -0.111. The maximum absolute atomic E-state index is 13.0. The fourth-order valence-corrected chi connectivity index (χ4v) is 3.95. The fourth-order valence-electron chi connectivity index (χ4n) is 2.68. The van der Waals surface area contributed by atoms with Crippen LogP contribution >= 0.6 is 11.6 Å². The molecule has 0 spiro atoms. The first-order chi connectivity index (χ1) is 14.5. The van der Waals surface area contributed by atoms with E-state index >= 15 is 0 Å². The highest BCUT2D eigenvalue weighted by Gasteiger charge is 2.33. The van der Waals surface area contributed by atoms with Crippen molar-refractivity contribution in [1.82, 2.24) is 0 Å². The Morgan fingerprint density at radius 1 is 0.935 bits per heavy atom. The van der Waals surface area contributed by atoms with Gasteiger partial charge in [-0.05, 0) is 55.5 Å². The van der Waals surface area contributed by atoms with E-state index < -0.39 is 32.7 Å². The summed E-state index contributed by atoms with van der Waals surface area (Å²) in [5.74, 6) is -0.716. The van der Waals surface area contributed by atoms with Crippen LogP contribution in [0.4, 0.5) is 24.5 Å². The lowest BCUT2D eigenvalue weighted by atomic mass is 10.1. The van der Waals surface area contributed by atoms with E-state index in [-0.39, 0.29) is 21.8 Å². The summed E-state index contributed by atoms with van der Waals surface area (Å²) in [7, 11) is -3.88. The third-order valence-corrected chi connectivity index (χ3v) is 5.96. The first-order valence-corrected chi connectivity index (χ1v) is 10.7. The lowest BCUT2D eigenvalue weighted by molar-refractivity contribution is -0.137. The van der Waals surface area contributed by atoms with Crippen LogP contribution in [0.15, 0.2) is 71.6 Å². The number of hydrogen-bond donors (Lipinski definition) is 2. The van der Waals surface area contributed by atoms with E-state index in [0.717, 1.165) is 17.7 Å². The Morgan fingerprint density at radius 3 is 2.26 bits per heavy atom. The number of benzene rings is 3. The summed E-state index contributed by atoms with van der Waals surface area (Å²) >= 11 is 5.58. The second-order valence-electron chi connectivity index (χ2n) is 6.65. The molecule has 0 saturated carbocycles. The van der Waals surface area contributed by atoms with Crippen LogP contribution in [-0.4, -0.2) is 14.3 Å². The predicted octanol–water partition coefficient (Wildman–Crippen LogP) is 5.72. The summed E-state index contributed by atoms with van der Waals surface area (Å²) in [5, 5.41) is 1.86. The van der Waals surface area contributed by atoms with Gasteiger partial charge in [-0.1, -0.05) is 35.4 Å². The molecule has 3 aromatic rings. The van der Waals surface area contributed by atoms with Crippen LogP contribution in [0.5, 0.6) is 0 Å². The standard InChI is InChI=1S/C21H16ClF3N2O3S/c1-13-5-8-17(9-6-13)31(29,30)27-16-4-2-3-14(11-16)20(28)26-15-7-10-19(22)18(12-15)21(23,24)25/h2-12,27H,1H3,(H,26,28). The van der Waals surface area contributed by atoms with Crippen molar-refractivity contribution < 1.29 is 26.4 Å². The average Bonchev–Trinajstić information content (AvgIpc) is 2.69. The Kier molecular flexibility index (Phi) is 6.28. The number of aryl methyl sites for hydroxylation is 1. The molecule has 0 bridgehead atoms. The molecule has 0 heterocycles. The number of sulfonamides is 1. The maximum atomic E-state index is 13.0. The molecule has 0 unspecified atom stereocenters. The normalized spacial score (nSPS) is 11.8. The average molecular weight is 469 g/mol. The zero-order chi connectivity index (χ0) is 22.8. The fraction of sp³-hybridized carbons (Fsp3) is 0.0952. The van der Waals surface area contributed by atoms with Crippen LogP contribution in [0.1, 0.15) is 21.5 Å². The van der Waals surface area contributed by atoms with E-state index in [9.17, 15) is 26.4 Å². The molecule has 0 atom stereocenters. The molecule has 31 heavy (non-hydrogen) atoms. The molecule has 2 N–H and O–H groups in total. The van der Waals surface area contributed by atoms with Gasteiger partial charge in [-0.15, -0.1) is 0 Å². The lowest BCUT2D eigenvalue weighted by Crippen LogP contribution is -2.15. The monoisotopic (exact) mass is 468 g/mol. The molecule has 0 fully saturated rings. The summed E-state index contributed by atoms with van der Waals surface area (Å²) in [6.45, 7) is 1.82. The maximum Gasteiger partial charge on any atom is 0.417 e. The zero-order valence-electron chi connectivity index (χ0n) is 16.0. The smallest absolute Gasteiger partial charge is 0.322 e. The van der Waals surface area contributed by atoms with Crippen molar-refractivity contribution in [3.63, 3.8) is 0 Å². The molecular weight excluding hydrogens is 453 g/mol. The van der Waals surface area contributed by atoms with Crippen LogP contribution in [0.3, 0.4) is 0 Å². The zero-order valence-corrected chi connectivity index (χ0v) is 17.6. The van der Waals surface area contributed by atoms with Crippen molar-refractivity contribution in [3.05, 3.63) is 88.4 Å². The summed E-state index contributed by atoms with van der Waals surface area (Å²) in [6.07, 6.45) is -4.67. The van der Waals surface area contributed by atoms with Gasteiger partial charge in [0.05, 0.1) is 15.5 Å². The van der Waals surface area contributed by atoms with E-state index in [1.54, 1.807) is 12.1 Å². The molecule has 0 radical (unpaired) electrons. The number of amides is 1. The second-order valence-corrected chi connectivity index (χ2v) is 8.74. The number of hydrogen-bond acceptors (Lipinski definition) is 3. The van der Waals surface area contributed by atoms with Crippen molar-refractivity contribution in [2.24, 2.45) is 0 Å². The van der Waals surface area contributed by atoms with Crippen LogP contribution in [0.2, 0.25) is 5.02 Å². The molecule has 0 aromatic heterocycles. The summed E-state index contributed by atoms with van der Waals surface area (Å²) in [4.78, 5) is 12.5. The highest BCUT2D eigenvalue weighted by atomic mass is 35.5. The number of nitrogens with one attached hydrogen (secondary N) is 2. The summed E-state index contributed by atoms with van der Waals surface area (Å²) in [6, 6.07) is 14.8. The largest absolute Gasteiger partial charge is 0.417 e. The van der Waals surface area contributed by atoms with Crippen LogP contribution < -0.4 is 10.0 Å². The van der Waals surface area contributed by atoms with Crippen molar-refractivity contribution in [2.45, 2.75) is 18.0 Å². The minimum absolute atomic E-state index is 0.0487. The number of halogens is 4. The van der Waals surface area contributed by atoms with Crippen molar-refractivity contribution in [2.75, 3.05) is 10.0 Å². The molecule has 162 valence electrons. The summed E-state index contributed by atoms with van der Waals surface area (Å²) < 4.78 is 66.4. The van der Waals surface area contributed by atoms with Crippen molar-refractivity contribution in [1.29, 1.82) is 0 Å². The van der Waals surface area contributed by atoms with Gasteiger partial charge in [0.25, 0.3) is 15.9 Å². The quantitative estimate of drug-likeness (QED) is 0.503. The number of anilines is 2. The van der Waals surface area contributed by atoms with Crippen LogP contribution in [0, 0.1) is 6.92 Å². The molecule has 3 rings (SSSR count). The highest BCUT2D eigenvalue weighted by Crippen LogP contribution is 2.36. The third-order valence-electron chi connectivity index (χ3n) is 4.24. The van der Waals surface area contributed by atoms with E-state index in [1.165, 1.54) is 42.5 Å². The number of rotatable bonds is 5. The van der Waals surface area contributed by atoms with Gasteiger partial charge in [0, 0.05) is 16.9 Å². The Bertz CT molecular complexity index is 1230. The van der Waals surface area contributed by atoms with Gasteiger partial charge in [0.15, 0.2) is 0 Å². The second kappa shape index (κ2) is 8.60. The first kappa shape index (κ1) is 22.6. The van der Waals surface area contributed by atoms with Gasteiger partial charge in [0.2, 0.25) is 0 Å². The Balaban J connectivity index is 1.80. The van der Waals surface area contributed by atoms with Gasteiger partial charge in [-0.2, -0.15) is 13.2 Å². The molecule has 5 nitrogen and oxygen atoms in total. The van der Waals surface area contributed by atoms with Crippen LogP contribution in [-0.2, 0) is 16.2 Å². The molecule has 0 saturated heterocycles. The van der Waals surface area contributed by atoms with Gasteiger partial charge in [-0.3, -0.25) is 9.52 Å². The minimum atomic E-state index is -4.67. The van der Waals surface area contributed by atoms with Crippen molar-refractivity contribution >= 4 is 38.9 Å². The van der Waals surface area contributed by atoms with E-state index in [1.807, 2.05) is 6.92 Å². The topological polar surface area (TPSA) is 75.3 Å². The number of carbonyl (C=O) groups is 1.